The van der Waals surface area contributed by atoms with Gasteiger partial charge < -0.3 is 10.6 Å². The highest BCUT2D eigenvalue weighted by Crippen LogP contribution is 2.31. The van der Waals surface area contributed by atoms with Crippen LogP contribution in [-0.4, -0.2) is 29.8 Å². The molecule has 2 N–H and O–H groups in total. The number of carbonyl (C=O) groups excluding carboxylic acids is 2. The standard InChI is InChI=1S/C24H22F3N3O2S/c25-24(26,27)19-6-3-7-20(12-19)29-23(32)22(31)28-13-21(18-9-11-33-15-18)30-10-8-16-4-1-2-5-17(16)14-30/h1-7,9,11-12,15,21H,8,10,13-14H2,(H,28,31)(H,29,32)/t21-/m1/s1. The lowest BCUT2D eigenvalue weighted by atomic mass is 9.97. The van der Waals surface area contributed by atoms with Gasteiger partial charge in [-0.3, -0.25) is 14.5 Å². The van der Waals surface area contributed by atoms with Gasteiger partial charge in [-0.05, 0) is 58.1 Å². The molecule has 1 aromatic heterocycles. The molecule has 0 bridgehead atoms. The van der Waals surface area contributed by atoms with Crippen molar-refractivity contribution in [3.63, 3.8) is 0 Å². The second-order valence-corrected chi connectivity index (χ2v) is 8.58. The number of carbonyl (C=O) groups is 2. The van der Waals surface area contributed by atoms with Crippen molar-refractivity contribution in [3.05, 3.63) is 87.6 Å². The fourth-order valence-corrected chi connectivity index (χ4v) is 4.64. The van der Waals surface area contributed by atoms with Gasteiger partial charge in [-0.15, -0.1) is 0 Å². The quantitative estimate of drug-likeness (QED) is 0.532. The zero-order chi connectivity index (χ0) is 23.4. The Kier molecular flexibility index (Phi) is 6.80. The average molecular weight is 474 g/mol. The van der Waals surface area contributed by atoms with E-state index in [1.165, 1.54) is 23.3 Å². The molecule has 5 nitrogen and oxygen atoms in total. The van der Waals surface area contributed by atoms with Crippen LogP contribution in [0.1, 0.15) is 28.3 Å². The highest BCUT2D eigenvalue weighted by atomic mass is 32.1. The minimum atomic E-state index is -4.54. The molecule has 1 aliphatic heterocycles. The first-order valence-corrected chi connectivity index (χ1v) is 11.3. The molecule has 0 radical (unpaired) electrons. The predicted molar refractivity (Wildman–Crippen MR) is 121 cm³/mol. The number of hydrogen-bond donors (Lipinski definition) is 2. The minimum absolute atomic E-state index is 0.0907. The summed E-state index contributed by atoms with van der Waals surface area (Å²) < 4.78 is 38.6. The van der Waals surface area contributed by atoms with E-state index in [0.717, 1.165) is 37.2 Å². The lowest BCUT2D eigenvalue weighted by Gasteiger charge is -2.35. The van der Waals surface area contributed by atoms with Crippen molar-refractivity contribution in [2.75, 3.05) is 18.4 Å². The number of benzene rings is 2. The number of anilines is 1. The molecule has 0 unspecified atom stereocenters. The minimum Gasteiger partial charge on any atom is -0.346 e. The van der Waals surface area contributed by atoms with Crippen LogP contribution >= 0.6 is 11.3 Å². The molecule has 2 amide bonds. The Balaban J connectivity index is 1.41. The number of nitrogens with zero attached hydrogens (tertiary/aromatic N) is 1. The van der Waals surface area contributed by atoms with Crippen molar-refractivity contribution in [1.82, 2.24) is 10.2 Å². The molecule has 2 heterocycles. The molecule has 1 aliphatic rings. The van der Waals surface area contributed by atoms with Crippen LogP contribution in [0.2, 0.25) is 0 Å². The summed E-state index contributed by atoms with van der Waals surface area (Å²) >= 11 is 1.55. The number of hydrogen-bond acceptors (Lipinski definition) is 4. The average Bonchev–Trinajstić information content (AvgIpc) is 3.33. The molecule has 0 saturated carbocycles. The van der Waals surface area contributed by atoms with Gasteiger partial charge in [0.2, 0.25) is 0 Å². The molecule has 0 spiro atoms. The van der Waals surface area contributed by atoms with E-state index in [1.807, 2.05) is 29.0 Å². The van der Waals surface area contributed by atoms with E-state index in [2.05, 4.69) is 27.7 Å². The fourth-order valence-electron chi connectivity index (χ4n) is 3.94. The third kappa shape index (κ3) is 5.61. The van der Waals surface area contributed by atoms with E-state index in [0.29, 0.717) is 0 Å². The van der Waals surface area contributed by atoms with Gasteiger partial charge in [0.1, 0.15) is 0 Å². The number of rotatable bonds is 5. The molecular formula is C24H22F3N3O2S. The van der Waals surface area contributed by atoms with Gasteiger partial charge in [-0.1, -0.05) is 30.3 Å². The Morgan fingerprint density at radius 3 is 2.55 bits per heavy atom. The van der Waals surface area contributed by atoms with Crippen LogP contribution in [0.15, 0.2) is 65.4 Å². The van der Waals surface area contributed by atoms with Crippen LogP contribution in [0.5, 0.6) is 0 Å². The van der Waals surface area contributed by atoms with E-state index in [-0.39, 0.29) is 18.3 Å². The van der Waals surface area contributed by atoms with E-state index in [1.54, 1.807) is 11.3 Å². The van der Waals surface area contributed by atoms with Gasteiger partial charge >= 0.3 is 18.0 Å². The number of thiophene rings is 1. The number of fused-ring (bicyclic) bond motifs is 1. The van der Waals surface area contributed by atoms with E-state index in [4.69, 9.17) is 0 Å². The van der Waals surface area contributed by atoms with Gasteiger partial charge in [-0.25, -0.2) is 0 Å². The van der Waals surface area contributed by atoms with Gasteiger partial charge in [0, 0.05) is 25.3 Å². The number of alkyl halides is 3. The Labute approximate surface area is 193 Å². The molecule has 1 atom stereocenters. The summed E-state index contributed by atoms with van der Waals surface area (Å²) in [5.41, 5.74) is 2.59. The Bertz CT molecular complexity index is 1130. The molecular weight excluding hydrogens is 451 g/mol. The molecule has 172 valence electrons. The third-order valence-electron chi connectivity index (χ3n) is 5.64. The van der Waals surface area contributed by atoms with Gasteiger partial charge in [0.25, 0.3) is 0 Å². The van der Waals surface area contributed by atoms with Crippen molar-refractivity contribution in [3.8, 4) is 0 Å². The van der Waals surface area contributed by atoms with Gasteiger partial charge in [-0.2, -0.15) is 24.5 Å². The molecule has 3 aromatic rings. The molecule has 0 aliphatic carbocycles. The maximum Gasteiger partial charge on any atom is 0.416 e. The molecule has 0 fully saturated rings. The van der Waals surface area contributed by atoms with Crippen LogP contribution in [0.25, 0.3) is 0 Å². The van der Waals surface area contributed by atoms with Crippen LogP contribution in [0.4, 0.5) is 18.9 Å². The molecule has 0 saturated heterocycles. The fraction of sp³-hybridized carbons (Fsp3) is 0.250. The smallest absolute Gasteiger partial charge is 0.346 e. The van der Waals surface area contributed by atoms with Crippen LogP contribution in [-0.2, 0) is 28.7 Å². The van der Waals surface area contributed by atoms with Crippen molar-refractivity contribution >= 4 is 28.8 Å². The molecule has 33 heavy (non-hydrogen) atoms. The van der Waals surface area contributed by atoms with E-state index >= 15 is 0 Å². The van der Waals surface area contributed by atoms with Crippen molar-refractivity contribution in [1.29, 1.82) is 0 Å². The zero-order valence-corrected chi connectivity index (χ0v) is 18.4. The van der Waals surface area contributed by atoms with E-state index in [9.17, 15) is 22.8 Å². The second kappa shape index (κ2) is 9.76. The summed E-state index contributed by atoms with van der Waals surface area (Å²) in [5, 5.41) is 8.86. The predicted octanol–water partition coefficient (Wildman–Crippen LogP) is 4.62. The summed E-state index contributed by atoms with van der Waals surface area (Å²) in [7, 11) is 0. The Morgan fingerprint density at radius 2 is 1.82 bits per heavy atom. The summed E-state index contributed by atoms with van der Waals surface area (Å²) in [6, 6.07) is 14.3. The Hall–Kier alpha value is -3.17. The third-order valence-corrected chi connectivity index (χ3v) is 6.34. The molecule has 9 heteroatoms. The normalized spacial score (nSPS) is 14.9. The van der Waals surface area contributed by atoms with Crippen LogP contribution < -0.4 is 10.6 Å². The number of halogens is 3. The Morgan fingerprint density at radius 1 is 1.03 bits per heavy atom. The highest BCUT2D eigenvalue weighted by Gasteiger charge is 2.31. The maximum absolute atomic E-state index is 12.9. The highest BCUT2D eigenvalue weighted by molar-refractivity contribution is 7.08. The maximum atomic E-state index is 12.9. The van der Waals surface area contributed by atoms with Gasteiger partial charge in [0.05, 0.1) is 11.6 Å². The number of nitrogens with one attached hydrogen (secondary N) is 2. The monoisotopic (exact) mass is 473 g/mol. The lowest BCUT2D eigenvalue weighted by molar-refractivity contribution is -0.137. The largest absolute Gasteiger partial charge is 0.416 e. The SMILES string of the molecule is O=C(NC[C@H](c1ccsc1)N1CCc2ccccc2C1)C(=O)Nc1cccc(C(F)(F)F)c1. The van der Waals surface area contributed by atoms with Crippen molar-refractivity contribution in [2.24, 2.45) is 0 Å². The van der Waals surface area contributed by atoms with Gasteiger partial charge in [0.15, 0.2) is 0 Å². The summed E-state index contributed by atoms with van der Waals surface area (Å²) in [6.07, 6.45) is -3.65. The summed E-state index contributed by atoms with van der Waals surface area (Å²) in [5.74, 6) is -1.91. The molecule has 4 rings (SSSR count). The van der Waals surface area contributed by atoms with Crippen LogP contribution in [0, 0.1) is 0 Å². The number of amides is 2. The first-order chi connectivity index (χ1) is 15.8. The van der Waals surface area contributed by atoms with E-state index < -0.39 is 23.6 Å². The summed E-state index contributed by atoms with van der Waals surface area (Å²) in [6.45, 7) is 1.74. The first-order valence-electron chi connectivity index (χ1n) is 10.4. The zero-order valence-electron chi connectivity index (χ0n) is 17.6. The lowest BCUT2D eigenvalue weighted by Crippen LogP contribution is -2.43. The van der Waals surface area contributed by atoms with Crippen molar-refractivity contribution < 1.29 is 22.8 Å². The van der Waals surface area contributed by atoms with Crippen molar-refractivity contribution in [2.45, 2.75) is 25.2 Å². The summed E-state index contributed by atoms with van der Waals surface area (Å²) in [4.78, 5) is 27.0. The van der Waals surface area contributed by atoms with Crippen LogP contribution in [0.3, 0.4) is 0 Å². The topological polar surface area (TPSA) is 61.4 Å². The second-order valence-electron chi connectivity index (χ2n) is 7.80. The molecule has 2 aromatic carbocycles. The first kappa shape index (κ1) is 23.0.